The Labute approximate surface area is 149 Å². The van der Waals surface area contributed by atoms with E-state index in [9.17, 15) is 24.9 Å². The number of hydrogen-bond acceptors (Lipinski definition) is 5. The van der Waals surface area contributed by atoms with Crippen LogP contribution in [0.1, 0.15) is 58.8 Å². The first-order chi connectivity index (χ1) is 11.8. The highest BCUT2D eigenvalue weighted by Crippen LogP contribution is 2.57. The summed E-state index contributed by atoms with van der Waals surface area (Å²) in [6.07, 6.45) is 5.23. The summed E-state index contributed by atoms with van der Waals surface area (Å²) in [5.41, 5.74) is -0.339. The Morgan fingerprint density at radius 2 is 2.08 bits per heavy atom. The van der Waals surface area contributed by atoms with E-state index in [0.29, 0.717) is 19.3 Å². The van der Waals surface area contributed by atoms with E-state index >= 15 is 0 Å². The molecule has 2 fully saturated rings. The van der Waals surface area contributed by atoms with Crippen molar-refractivity contribution in [2.45, 2.75) is 70.5 Å². The van der Waals surface area contributed by atoms with Crippen LogP contribution in [0.15, 0.2) is 11.6 Å². The van der Waals surface area contributed by atoms with Crippen LogP contribution in [-0.2, 0) is 9.59 Å². The maximum absolute atomic E-state index is 12.0. The average Bonchev–Trinajstić information content (AvgIpc) is 2.91. The van der Waals surface area contributed by atoms with Gasteiger partial charge >= 0.3 is 0 Å². The molecule has 5 heteroatoms. The Kier molecular flexibility index (Phi) is 4.95. The summed E-state index contributed by atoms with van der Waals surface area (Å²) < 4.78 is 0. The molecule has 25 heavy (non-hydrogen) atoms. The number of carbonyl (C=O) groups is 2. The molecule has 6 unspecified atom stereocenters. The number of ketones is 2. The van der Waals surface area contributed by atoms with Crippen LogP contribution in [0.5, 0.6) is 0 Å². The van der Waals surface area contributed by atoms with Gasteiger partial charge in [-0.1, -0.05) is 19.4 Å². The Morgan fingerprint density at radius 3 is 2.72 bits per heavy atom. The van der Waals surface area contributed by atoms with Gasteiger partial charge in [0.25, 0.3) is 0 Å². The zero-order valence-electron chi connectivity index (χ0n) is 15.2. The molecular weight excluding hydrogens is 320 g/mol. The molecule has 0 bridgehead atoms. The highest BCUT2D eigenvalue weighted by atomic mass is 16.3. The first-order valence-electron chi connectivity index (χ1n) is 9.54. The van der Waals surface area contributed by atoms with Crippen molar-refractivity contribution < 1.29 is 24.9 Å². The number of fused-ring (bicyclic) bond motifs is 1. The normalized spacial score (nSPS) is 44.4. The molecule has 140 valence electrons. The number of rotatable bonds is 4. The van der Waals surface area contributed by atoms with Crippen molar-refractivity contribution in [1.82, 2.24) is 0 Å². The lowest BCUT2D eigenvalue weighted by Gasteiger charge is -2.51. The minimum atomic E-state index is -1.20. The van der Waals surface area contributed by atoms with Crippen molar-refractivity contribution in [2.75, 3.05) is 6.61 Å². The molecule has 6 atom stereocenters. The third-order valence-electron chi connectivity index (χ3n) is 7.36. The minimum absolute atomic E-state index is 0.0138. The van der Waals surface area contributed by atoms with E-state index in [1.54, 1.807) is 6.08 Å². The largest absolute Gasteiger partial charge is 0.393 e. The summed E-state index contributed by atoms with van der Waals surface area (Å²) in [7, 11) is 0. The summed E-state index contributed by atoms with van der Waals surface area (Å²) in [4.78, 5) is 23.9. The summed E-state index contributed by atoms with van der Waals surface area (Å²) >= 11 is 0. The van der Waals surface area contributed by atoms with Crippen LogP contribution >= 0.6 is 0 Å². The van der Waals surface area contributed by atoms with Gasteiger partial charge in [-0.2, -0.15) is 0 Å². The average molecular weight is 350 g/mol. The lowest BCUT2D eigenvalue weighted by atomic mass is 9.56. The van der Waals surface area contributed by atoms with Gasteiger partial charge in [-0.05, 0) is 55.4 Å². The lowest BCUT2D eigenvalue weighted by Crippen LogP contribution is -2.55. The zero-order valence-corrected chi connectivity index (χ0v) is 15.2. The Hall–Kier alpha value is -1.04. The monoisotopic (exact) mass is 350 g/mol. The van der Waals surface area contributed by atoms with E-state index in [1.807, 2.05) is 6.92 Å². The van der Waals surface area contributed by atoms with Crippen LogP contribution < -0.4 is 0 Å². The van der Waals surface area contributed by atoms with E-state index in [4.69, 9.17) is 0 Å². The van der Waals surface area contributed by atoms with Crippen LogP contribution in [0, 0.1) is 23.2 Å². The Balaban J connectivity index is 1.87. The summed E-state index contributed by atoms with van der Waals surface area (Å²) in [5, 5.41) is 31.2. The predicted octanol–water partition coefficient (Wildman–Crippen LogP) is 1.78. The summed E-state index contributed by atoms with van der Waals surface area (Å²) in [6, 6.07) is 0. The number of Topliss-reactive ketones (excluding diaryl/α,β-unsaturated/α-hetero) is 1. The van der Waals surface area contributed by atoms with Gasteiger partial charge in [-0.3, -0.25) is 9.59 Å². The minimum Gasteiger partial charge on any atom is -0.393 e. The second kappa shape index (κ2) is 6.60. The SMILES string of the molecule is CCC1=CC(=O)CCC1(C)C1CC2CCC(C(=O)CO)C2(O)CC1O. The molecule has 0 aromatic heterocycles. The standard InChI is InChI=1S/C20H30O5/c1-3-12-8-14(22)6-7-19(12,2)16-9-13-4-5-15(18(24)11-21)20(13,25)10-17(16)23/h8,13,15-17,21,23,25H,3-7,9-11H2,1-2H3. The van der Waals surface area contributed by atoms with E-state index in [0.717, 1.165) is 24.8 Å². The zero-order chi connectivity index (χ0) is 18.4. The van der Waals surface area contributed by atoms with Gasteiger partial charge < -0.3 is 15.3 Å². The van der Waals surface area contributed by atoms with Crippen molar-refractivity contribution in [3.8, 4) is 0 Å². The van der Waals surface area contributed by atoms with Crippen molar-refractivity contribution in [2.24, 2.45) is 23.2 Å². The fourth-order valence-electron chi connectivity index (χ4n) is 5.86. The van der Waals surface area contributed by atoms with Crippen LogP contribution in [0.3, 0.4) is 0 Å². The number of aliphatic hydroxyl groups excluding tert-OH is 2. The highest BCUT2D eigenvalue weighted by Gasteiger charge is 2.59. The van der Waals surface area contributed by atoms with Crippen LogP contribution in [0.25, 0.3) is 0 Å². The molecule has 0 aromatic rings. The van der Waals surface area contributed by atoms with E-state index in [-0.39, 0.29) is 35.2 Å². The van der Waals surface area contributed by atoms with Crippen molar-refractivity contribution >= 4 is 11.6 Å². The van der Waals surface area contributed by atoms with Gasteiger partial charge in [0.15, 0.2) is 11.6 Å². The molecule has 3 rings (SSSR count). The van der Waals surface area contributed by atoms with Crippen LogP contribution in [0.4, 0.5) is 0 Å². The molecule has 3 N–H and O–H groups in total. The second-order valence-electron chi connectivity index (χ2n) is 8.46. The number of allylic oxidation sites excluding steroid dienone is 2. The smallest absolute Gasteiger partial charge is 0.164 e. The van der Waals surface area contributed by atoms with E-state index in [1.165, 1.54) is 0 Å². The maximum atomic E-state index is 12.0. The Bertz CT molecular complexity index is 597. The molecular formula is C20H30O5. The Morgan fingerprint density at radius 1 is 1.36 bits per heavy atom. The third-order valence-corrected chi connectivity index (χ3v) is 7.36. The quantitative estimate of drug-likeness (QED) is 0.718. The first kappa shape index (κ1) is 18.7. The highest BCUT2D eigenvalue weighted by molar-refractivity contribution is 5.91. The number of carbonyl (C=O) groups excluding carboxylic acids is 2. The predicted molar refractivity (Wildman–Crippen MR) is 92.7 cm³/mol. The van der Waals surface area contributed by atoms with Crippen LogP contribution in [-0.4, -0.2) is 45.2 Å². The third kappa shape index (κ3) is 2.90. The summed E-state index contributed by atoms with van der Waals surface area (Å²) in [5.74, 6) is -0.779. The van der Waals surface area contributed by atoms with Gasteiger partial charge in [-0.25, -0.2) is 0 Å². The fraction of sp³-hybridized carbons (Fsp3) is 0.800. The topological polar surface area (TPSA) is 94.8 Å². The van der Waals surface area contributed by atoms with Gasteiger partial charge in [0.2, 0.25) is 0 Å². The van der Waals surface area contributed by atoms with Gasteiger partial charge in [0, 0.05) is 18.8 Å². The molecule has 0 spiro atoms. The second-order valence-corrected chi connectivity index (χ2v) is 8.46. The van der Waals surface area contributed by atoms with Crippen molar-refractivity contribution in [3.05, 3.63) is 11.6 Å². The summed E-state index contributed by atoms with van der Waals surface area (Å²) in [6.45, 7) is 3.62. The molecule has 2 saturated carbocycles. The van der Waals surface area contributed by atoms with Gasteiger partial charge in [0.1, 0.15) is 6.61 Å². The molecule has 0 amide bonds. The number of hydrogen-bond donors (Lipinski definition) is 3. The molecule has 0 aliphatic heterocycles. The van der Waals surface area contributed by atoms with Gasteiger partial charge in [-0.15, -0.1) is 0 Å². The molecule has 3 aliphatic carbocycles. The van der Waals surface area contributed by atoms with E-state index < -0.39 is 24.2 Å². The first-order valence-corrected chi connectivity index (χ1v) is 9.54. The molecule has 5 nitrogen and oxygen atoms in total. The molecule has 3 aliphatic rings. The fourth-order valence-corrected chi connectivity index (χ4v) is 5.86. The van der Waals surface area contributed by atoms with Crippen LogP contribution in [0.2, 0.25) is 0 Å². The molecule has 0 heterocycles. The number of aliphatic hydroxyl groups is 3. The lowest BCUT2D eigenvalue weighted by molar-refractivity contribution is -0.155. The van der Waals surface area contributed by atoms with E-state index in [2.05, 4.69) is 6.92 Å². The van der Waals surface area contributed by atoms with Crippen molar-refractivity contribution in [1.29, 1.82) is 0 Å². The molecule has 0 saturated heterocycles. The molecule has 0 aromatic carbocycles. The maximum Gasteiger partial charge on any atom is 0.164 e. The molecule has 0 radical (unpaired) electrons. The van der Waals surface area contributed by atoms with Crippen molar-refractivity contribution in [3.63, 3.8) is 0 Å². The van der Waals surface area contributed by atoms with Gasteiger partial charge in [0.05, 0.1) is 11.7 Å².